The fourth-order valence-electron chi connectivity index (χ4n) is 2.88. The van der Waals surface area contributed by atoms with Gasteiger partial charge < -0.3 is 15.2 Å². The number of hydrogen-bond donors (Lipinski definition) is 1. The lowest BCUT2D eigenvalue weighted by atomic mass is 9.91. The summed E-state index contributed by atoms with van der Waals surface area (Å²) in [6.45, 7) is 9.88. The van der Waals surface area contributed by atoms with E-state index >= 15 is 0 Å². The Kier molecular flexibility index (Phi) is 5.79. The van der Waals surface area contributed by atoms with E-state index in [0.717, 1.165) is 38.2 Å². The van der Waals surface area contributed by atoms with Crippen molar-refractivity contribution in [1.82, 2.24) is 15.0 Å². The van der Waals surface area contributed by atoms with E-state index in [-0.39, 0.29) is 17.4 Å². The Balaban J connectivity index is 1.72. The summed E-state index contributed by atoms with van der Waals surface area (Å²) in [5, 5.41) is 4.01. The maximum atomic E-state index is 12.3. The highest BCUT2D eigenvalue weighted by Gasteiger charge is 2.25. The fourth-order valence-corrected chi connectivity index (χ4v) is 2.88. The maximum Gasteiger partial charge on any atom is 0.226 e. The van der Waals surface area contributed by atoms with Crippen LogP contribution in [0.25, 0.3) is 0 Å². The first-order valence-electron chi connectivity index (χ1n) is 8.64. The molecule has 1 atom stereocenters. The van der Waals surface area contributed by atoms with Crippen LogP contribution in [0.5, 0.6) is 0 Å². The van der Waals surface area contributed by atoms with Gasteiger partial charge in [0.25, 0.3) is 0 Å². The molecule has 1 aromatic rings. The molecule has 6 heteroatoms. The molecule has 6 nitrogen and oxygen atoms in total. The van der Waals surface area contributed by atoms with Crippen molar-refractivity contribution in [2.75, 3.05) is 13.1 Å². The Morgan fingerprint density at radius 2 is 2.04 bits per heavy atom. The van der Waals surface area contributed by atoms with Gasteiger partial charge in [-0.15, -0.1) is 0 Å². The third kappa shape index (κ3) is 5.03. The standard InChI is InChI=1S/C17H30N4O2/c1-12(18)13-8-10-21(11-9-13)15(22)7-5-6-14-19-16(20-23-14)17(2,3)4/h12-13H,5-11,18H2,1-4H3. The lowest BCUT2D eigenvalue weighted by Gasteiger charge is -2.33. The van der Waals surface area contributed by atoms with E-state index < -0.39 is 0 Å². The highest BCUT2D eigenvalue weighted by molar-refractivity contribution is 5.76. The van der Waals surface area contributed by atoms with Gasteiger partial charge in [0.05, 0.1) is 0 Å². The van der Waals surface area contributed by atoms with Crippen LogP contribution in [0, 0.1) is 5.92 Å². The van der Waals surface area contributed by atoms with Crippen molar-refractivity contribution in [3.8, 4) is 0 Å². The molecule has 0 saturated carbocycles. The van der Waals surface area contributed by atoms with Gasteiger partial charge in [-0.25, -0.2) is 0 Å². The number of amides is 1. The second-order valence-electron chi connectivity index (χ2n) is 7.69. The Labute approximate surface area is 138 Å². The summed E-state index contributed by atoms with van der Waals surface area (Å²) in [4.78, 5) is 18.6. The fraction of sp³-hybridized carbons (Fsp3) is 0.824. The summed E-state index contributed by atoms with van der Waals surface area (Å²) >= 11 is 0. The van der Waals surface area contributed by atoms with Crippen LogP contribution in [0.3, 0.4) is 0 Å². The zero-order chi connectivity index (χ0) is 17.0. The number of piperidine rings is 1. The zero-order valence-corrected chi connectivity index (χ0v) is 14.8. The SMILES string of the molecule is CC(N)C1CCN(C(=O)CCCc2nc(C(C)(C)C)no2)CC1. The third-order valence-electron chi connectivity index (χ3n) is 4.56. The molecule has 0 spiro atoms. The first kappa shape index (κ1) is 17.9. The van der Waals surface area contributed by atoms with Gasteiger partial charge in [0.15, 0.2) is 5.82 Å². The summed E-state index contributed by atoms with van der Waals surface area (Å²) in [7, 11) is 0. The predicted octanol–water partition coefficient (Wildman–Crippen LogP) is 2.28. The Morgan fingerprint density at radius 3 is 2.57 bits per heavy atom. The molecule has 130 valence electrons. The quantitative estimate of drug-likeness (QED) is 0.899. The summed E-state index contributed by atoms with van der Waals surface area (Å²) in [6.07, 6.45) is 3.98. The molecular weight excluding hydrogens is 292 g/mol. The van der Waals surface area contributed by atoms with Crippen LogP contribution < -0.4 is 5.73 Å². The van der Waals surface area contributed by atoms with E-state index in [0.29, 0.717) is 24.7 Å². The minimum absolute atomic E-state index is 0.109. The normalized spacial score (nSPS) is 18.2. The first-order chi connectivity index (χ1) is 10.8. The minimum atomic E-state index is -0.109. The van der Waals surface area contributed by atoms with E-state index in [9.17, 15) is 4.79 Å². The number of nitrogens with two attached hydrogens (primary N) is 1. The van der Waals surface area contributed by atoms with E-state index in [4.69, 9.17) is 10.3 Å². The van der Waals surface area contributed by atoms with Gasteiger partial charge in [0, 0.05) is 37.4 Å². The Morgan fingerprint density at radius 1 is 1.39 bits per heavy atom. The molecule has 1 fully saturated rings. The molecule has 0 aromatic carbocycles. The van der Waals surface area contributed by atoms with E-state index in [1.807, 2.05) is 4.90 Å². The van der Waals surface area contributed by atoms with Gasteiger partial charge in [-0.05, 0) is 32.1 Å². The van der Waals surface area contributed by atoms with Gasteiger partial charge in [-0.2, -0.15) is 4.98 Å². The Bertz CT molecular complexity index is 511. The molecule has 0 aliphatic carbocycles. The van der Waals surface area contributed by atoms with Crippen molar-refractivity contribution >= 4 is 5.91 Å². The lowest BCUT2D eigenvalue weighted by Crippen LogP contribution is -2.42. The first-order valence-corrected chi connectivity index (χ1v) is 8.64. The van der Waals surface area contributed by atoms with E-state index in [1.54, 1.807) is 0 Å². The number of rotatable bonds is 5. The highest BCUT2D eigenvalue weighted by Crippen LogP contribution is 2.21. The summed E-state index contributed by atoms with van der Waals surface area (Å²) in [5.74, 6) is 2.12. The average molecular weight is 322 g/mol. The van der Waals surface area contributed by atoms with E-state index in [1.165, 1.54) is 0 Å². The van der Waals surface area contributed by atoms with Crippen LogP contribution in [0.4, 0.5) is 0 Å². The third-order valence-corrected chi connectivity index (χ3v) is 4.56. The average Bonchev–Trinajstić information content (AvgIpc) is 2.96. The van der Waals surface area contributed by atoms with E-state index in [2.05, 4.69) is 37.8 Å². The summed E-state index contributed by atoms with van der Waals surface area (Å²) in [6, 6.07) is 0.224. The van der Waals surface area contributed by atoms with Crippen LogP contribution in [0.15, 0.2) is 4.52 Å². The molecule has 2 rings (SSSR count). The molecule has 1 aromatic heterocycles. The number of likely N-dealkylation sites (tertiary alicyclic amines) is 1. The number of aryl methyl sites for hydroxylation is 1. The van der Waals surface area contributed by atoms with Gasteiger partial charge in [-0.1, -0.05) is 25.9 Å². The number of nitrogens with zero attached hydrogens (tertiary/aromatic N) is 3. The lowest BCUT2D eigenvalue weighted by molar-refractivity contribution is -0.132. The van der Waals surface area contributed by atoms with Crippen LogP contribution >= 0.6 is 0 Å². The maximum absolute atomic E-state index is 12.3. The number of aromatic nitrogens is 2. The zero-order valence-electron chi connectivity index (χ0n) is 14.8. The monoisotopic (exact) mass is 322 g/mol. The number of carbonyl (C=O) groups is 1. The van der Waals surface area contributed by atoms with Crippen LogP contribution in [-0.4, -0.2) is 40.1 Å². The van der Waals surface area contributed by atoms with Crippen molar-refractivity contribution in [2.45, 2.75) is 71.3 Å². The molecule has 2 N–H and O–H groups in total. The van der Waals surface area contributed by atoms with Crippen molar-refractivity contribution in [1.29, 1.82) is 0 Å². The number of carbonyl (C=O) groups excluding carboxylic acids is 1. The highest BCUT2D eigenvalue weighted by atomic mass is 16.5. The number of hydrogen-bond acceptors (Lipinski definition) is 5. The van der Waals surface area contributed by atoms with Gasteiger partial charge >= 0.3 is 0 Å². The van der Waals surface area contributed by atoms with Crippen LogP contribution in [-0.2, 0) is 16.6 Å². The molecular formula is C17H30N4O2. The van der Waals surface area contributed by atoms with Crippen molar-refractivity contribution < 1.29 is 9.32 Å². The van der Waals surface area contributed by atoms with Gasteiger partial charge in [0.1, 0.15) is 0 Å². The minimum Gasteiger partial charge on any atom is -0.343 e. The summed E-state index contributed by atoms with van der Waals surface area (Å²) < 4.78 is 5.26. The molecule has 0 radical (unpaired) electrons. The van der Waals surface area contributed by atoms with Crippen molar-refractivity contribution in [2.24, 2.45) is 11.7 Å². The van der Waals surface area contributed by atoms with Crippen molar-refractivity contribution in [3.63, 3.8) is 0 Å². The van der Waals surface area contributed by atoms with Crippen LogP contribution in [0.1, 0.15) is 65.1 Å². The Hall–Kier alpha value is -1.43. The molecule has 1 unspecified atom stereocenters. The second kappa shape index (κ2) is 7.43. The second-order valence-corrected chi connectivity index (χ2v) is 7.69. The van der Waals surface area contributed by atoms with Crippen molar-refractivity contribution in [3.05, 3.63) is 11.7 Å². The molecule has 2 heterocycles. The molecule has 1 aliphatic rings. The molecule has 1 aliphatic heterocycles. The van der Waals surface area contributed by atoms with Gasteiger partial charge in [0.2, 0.25) is 11.8 Å². The van der Waals surface area contributed by atoms with Gasteiger partial charge in [-0.3, -0.25) is 4.79 Å². The molecule has 23 heavy (non-hydrogen) atoms. The smallest absolute Gasteiger partial charge is 0.226 e. The molecule has 1 amide bonds. The molecule has 0 bridgehead atoms. The van der Waals surface area contributed by atoms with Crippen LogP contribution in [0.2, 0.25) is 0 Å². The largest absolute Gasteiger partial charge is 0.343 e. The molecule has 1 saturated heterocycles. The predicted molar refractivity (Wildman–Crippen MR) is 88.9 cm³/mol. The summed E-state index contributed by atoms with van der Waals surface area (Å²) in [5.41, 5.74) is 5.83. The topological polar surface area (TPSA) is 85.2 Å².